The molecular formula is C19H28N2O3. The fraction of sp³-hybridized carbons (Fsp3) is 0.579. The van der Waals surface area contributed by atoms with Crippen LogP contribution in [0.2, 0.25) is 0 Å². The highest BCUT2D eigenvalue weighted by atomic mass is 16.3. The van der Waals surface area contributed by atoms with Crippen LogP contribution >= 0.6 is 0 Å². The van der Waals surface area contributed by atoms with Crippen molar-refractivity contribution < 1.29 is 14.7 Å². The molecule has 0 spiro atoms. The summed E-state index contributed by atoms with van der Waals surface area (Å²) in [5.74, 6) is -0.294. The molecule has 1 aromatic rings. The molecule has 1 heterocycles. The number of amides is 2. The minimum atomic E-state index is -0.843. The van der Waals surface area contributed by atoms with Crippen LogP contribution in [-0.2, 0) is 4.79 Å². The normalized spacial score (nSPS) is 18.3. The molecule has 0 aliphatic carbocycles. The van der Waals surface area contributed by atoms with Crippen LogP contribution in [0.1, 0.15) is 49.9 Å². The summed E-state index contributed by atoms with van der Waals surface area (Å²) in [5, 5.41) is 13.2. The van der Waals surface area contributed by atoms with Crippen molar-refractivity contribution in [3.63, 3.8) is 0 Å². The van der Waals surface area contributed by atoms with Gasteiger partial charge < -0.3 is 15.3 Å². The van der Waals surface area contributed by atoms with Crippen molar-refractivity contribution in [3.05, 3.63) is 35.9 Å². The van der Waals surface area contributed by atoms with Gasteiger partial charge in [-0.3, -0.25) is 9.59 Å². The second-order valence-corrected chi connectivity index (χ2v) is 6.61. The number of nitrogens with zero attached hydrogens (tertiary/aromatic N) is 1. The predicted octanol–water partition coefficient (Wildman–Crippen LogP) is 2.21. The second kappa shape index (κ2) is 8.29. The van der Waals surface area contributed by atoms with Crippen molar-refractivity contribution in [2.24, 2.45) is 5.92 Å². The van der Waals surface area contributed by atoms with E-state index in [1.165, 1.54) is 0 Å². The molecule has 24 heavy (non-hydrogen) atoms. The third-order valence-electron chi connectivity index (χ3n) is 5.01. The maximum Gasteiger partial charge on any atom is 0.253 e. The molecule has 5 heteroatoms. The number of carbonyl (C=O) groups is 2. The second-order valence-electron chi connectivity index (χ2n) is 6.61. The number of aliphatic hydroxyl groups is 1. The van der Waals surface area contributed by atoms with Gasteiger partial charge in [-0.1, -0.05) is 32.0 Å². The summed E-state index contributed by atoms with van der Waals surface area (Å²) in [6, 6.07) is 9.17. The highest BCUT2D eigenvalue weighted by Crippen LogP contribution is 2.20. The Morgan fingerprint density at radius 3 is 2.54 bits per heavy atom. The summed E-state index contributed by atoms with van der Waals surface area (Å²) >= 11 is 0. The van der Waals surface area contributed by atoms with Gasteiger partial charge in [0.2, 0.25) is 5.91 Å². The van der Waals surface area contributed by atoms with Gasteiger partial charge in [0.1, 0.15) is 0 Å². The highest BCUT2D eigenvalue weighted by molar-refractivity contribution is 5.94. The molecule has 5 nitrogen and oxygen atoms in total. The Kier molecular flexibility index (Phi) is 6.37. The van der Waals surface area contributed by atoms with Crippen molar-refractivity contribution in [3.8, 4) is 0 Å². The molecule has 1 unspecified atom stereocenters. The van der Waals surface area contributed by atoms with Crippen LogP contribution in [0.15, 0.2) is 30.3 Å². The smallest absolute Gasteiger partial charge is 0.253 e. The molecular weight excluding hydrogens is 304 g/mol. The van der Waals surface area contributed by atoms with E-state index in [0.29, 0.717) is 31.5 Å². The molecule has 1 saturated heterocycles. The molecule has 1 aliphatic rings. The minimum absolute atomic E-state index is 0.0216. The third-order valence-corrected chi connectivity index (χ3v) is 5.01. The van der Waals surface area contributed by atoms with E-state index < -0.39 is 5.60 Å². The summed E-state index contributed by atoms with van der Waals surface area (Å²) in [5.41, 5.74) is -0.186. The Balaban J connectivity index is 1.93. The molecule has 1 aliphatic heterocycles. The molecule has 0 radical (unpaired) electrons. The first kappa shape index (κ1) is 18.5. The molecule has 1 fully saturated rings. The first-order chi connectivity index (χ1) is 11.5. The van der Waals surface area contributed by atoms with Crippen molar-refractivity contribution in [1.29, 1.82) is 0 Å². The molecule has 2 N–H and O–H groups in total. The van der Waals surface area contributed by atoms with Crippen molar-refractivity contribution in [2.75, 3.05) is 19.6 Å². The summed E-state index contributed by atoms with van der Waals surface area (Å²) in [6.07, 6.45) is 2.81. The van der Waals surface area contributed by atoms with Crippen molar-refractivity contribution in [1.82, 2.24) is 10.2 Å². The standard InChI is InChI=1S/C19H28N2O3/c1-3-19(24,4-2)14-20-17(22)16-11-8-12-21(13-16)18(23)15-9-6-5-7-10-15/h5-7,9-10,16,24H,3-4,8,11-14H2,1-2H3,(H,20,22). The van der Waals surface area contributed by atoms with Gasteiger partial charge in [-0.2, -0.15) is 0 Å². The van der Waals surface area contributed by atoms with Gasteiger partial charge >= 0.3 is 0 Å². The Morgan fingerprint density at radius 2 is 1.92 bits per heavy atom. The van der Waals surface area contributed by atoms with Gasteiger partial charge in [-0.25, -0.2) is 0 Å². The average molecular weight is 332 g/mol. The van der Waals surface area contributed by atoms with Crippen LogP contribution < -0.4 is 5.32 Å². The van der Waals surface area contributed by atoms with E-state index in [9.17, 15) is 14.7 Å². The number of piperidine rings is 1. The lowest BCUT2D eigenvalue weighted by molar-refractivity contribution is -0.127. The lowest BCUT2D eigenvalue weighted by Crippen LogP contribution is -2.48. The summed E-state index contributed by atoms with van der Waals surface area (Å²) in [4.78, 5) is 26.7. The number of hydrogen-bond acceptors (Lipinski definition) is 3. The van der Waals surface area contributed by atoms with Crippen LogP contribution in [-0.4, -0.2) is 47.1 Å². The Morgan fingerprint density at radius 1 is 1.25 bits per heavy atom. The first-order valence-corrected chi connectivity index (χ1v) is 8.83. The molecule has 1 aromatic carbocycles. The Bertz CT molecular complexity index is 555. The maximum atomic E-state index is 12.5. The summed E-state index contributed by atoms with van der Waals surface area (Å²) in [6.45, 7) is 5.22. The molecule has 1 atom stereocenters. The van der Waals surface area contributed by atoms with Gasteiger partial charge in [-0.15, -0.1) is 0 Å². The average Bonchev–Trinajstić information content (AvgIpc) is 2.66. The zero-order valence-corrected chi connectivity index (χ0v) is 14.6. The monoisotopic (exact) mass is 332 g/mol. The van der Waals surface area contributed by atoms with E-state index in [4.69, 9.17) is 0 Å². The minimum Gasteiger partial charge on any atom is -0.388 e. The van der Waals surface area contributed by atoms with Gasteiger partial charge in [-0.05, 0) is 37.8 Å². The number of rotatable bonds is 6. The highest BCUT2D eigenvalue weighted by Gasteiger charge is 2.30. The topological polar surface area (TPSA) is 69.6 Å². The van der Waals surface area contributed by atoms with Crippen LogP contribution in [0, 0.1) is 5.92 Å². The molecule has 2 rings (SSSR count). The fourth-order valence-electron chi connectivity index (χ4n) is 3.03. The largest absolute Gasteiger partial charge is 0.388 e. The van der Waals surface area contributed by atoms with E-state index in [1.54, 1.807) is 17.0 Å². The van der Waals surface area contributed by atoms with E-state index in [-0.39, 0.29) is 24.3 Å². The molecule has 132 valence electrons. The first-order valence-electron chi connectivity index (χ1n) is 8.83. The third kappa shape index (κ3) is 4.57. The Hall–Kier alpha value is -1.88. The van der Waals surface area contributed by atoms with Gasteiger partial charge in [0.15, 0.2) is 0 Å². The van der Waals surface area contributed by atoms with Crippen LogP contribution in [0.5, 0.6) is 0 Å². The zero-order chi connectivity index (χ0) is 17.6. The number of hydrogen-bond donors (Lipinski definition) is 2. The lowest BCUT2D eigenvalue weighted by Gasteiger charge is -2.33. The van der Waals surface area contributed by atoms with Crippen LogP contribution in [0.25, 0.3) is 0 Å². The van der Waals surface area contributed by atoms with E-state index >= 15 is 0 Å². The van der Waals surface area contributed by atoms with E-state index in [1.807, 2.05) is 32.0 Å². The number of benzene rings is 1. The summed E-state index contributed by atoms with van der Waals surface area (Å²) in [7, 11) is 0. The number of carbonyl (C=O) groups excluding carboxylic acids is 2. The van der Waals surface area contributed by atoms with Gasteiger partial charge in [0, 0.05) is 25.2 Å². The molecule has 0 bridgehead atoms. The molecule has 0 saturated carbocycles. The fourth-order valence-corrected chi connectivity index (χ4v) is 3.03. The van der Waals surface area contributed by atoms with Crippen molar-refractivity contribution in [2.45, 2.75) is 45.1 Å². The number of nitrogens with one attached hydrogen (secondary N) is 1. The van der Waals surface area contributed by atoms with Crippen molar-refractivity contribution >= 4 is 11.8 Å². The zero-order valence-electron chi connectivity index (χ0n) is 14.6. The maximum absolute atomic E-state index is 12.5. The van der Waals surface area contributed by atoms with Crippen LogP contribution in [0.3, 0.4) is 0 Å². The van der Waals surface area contributed by atoms with E-state index in [2.05, 4.69) is 5.32 Å². The van der Waals surface area contributed by atoms with Gasteiger partial charge in [0.25, 0.3) is 5.91 Å². The Labute approximate surface area is 144 Å². The SMILES string of the molecule is CCC(O)(CC)CNC(=O)C1CCCN(C(=O)c2ccccc2)C1. The quantitative estimate of drug-likeness (QED) is 0.839. The molecule has 2 amide bonds. The molecule has 0 aromatic heterocycles. The van der Waals surface area contributed by atoms with Gasteiger partial charge in [0.05, 0.1) is 11.5 Å². The lowest BCUT2D eigenvalue weighted by atomic mass is 9.94. The number of likely N-dealkylation sites (tertiary alicyclic amines) is 1. The predicted molar refractivity (Wildman–Crippen MR) is 93.6 cm³/mol. The van der Waals surface area contributed by atoms with E-state index in [0.717, 1.165) is 12.8 Å². The van der Waals surface area contributed by atoms with Crippen LogP contribution in [0.4, 0.5) is 0 Å². The summed E-state index contributed by atoms with van der Waals surface area (Å²) < 4.78 is 0.